The molecule has 2 fully saturated rings. The molecule has 1 saturated heterocycles. The van der Waals surface area contributed by atoms with Gasteiger partial charge in [0.15, 0.2) is 11.5 Å². The second-order valence-electron chi connectivity index (χ2n) is 6.99. The van der Waals surface area contributed by atoms with Gasteiger partial charge in [0.1, 0.15) is 0 Å². The van der Waals surface area contributed by atoms with Crippen molar-refractivity contribution in [2.75, 3.05) is 13.1 Å². The number of nitrogens with zero attached hydrogens (tertiary/aromatic N) is 3. The number of aromatic amines is 1. The quantitative estimate of drug-likeness (QED) is 0.759. The van der Waals surface area contributed by atoms with Gasteiger partial charge >= 0.3 is 0 Å². The van der Waals surface area contributed by atoms with Gasteiger partial charge in [-0.2, -0.15) is 10.1 Å². The van der Waals surface area contributed by atoms with Crippen LogP contribution in [0.1, 0.15) is 56.0 Å². The van der Waals surface area contributed by atoms with Crippen LogP contribution < -0.4 is 10.6 Å². The Bertz CT molecular complexity index is 712. The van der Waals surface area contributed by atoms with Gasteiger partial charge in [-0.25, -0.2) is 0 Å². The summed E-state index contributed by atoms with van der Waals surface area (Å²) < 4.78 is 5.28. The van der Waals surface area contributed by atoms with E-state index in [-0.39, 0.29) is 12.3 Å². The number of H-pyrrole nitrogens is 1. The van der Waals surface area contributed by atoms with Crippen LogP contribution in [0.5, 0.6) is 0 Å². The van der Waals surface area contributed by atoms with Crippen LogP contribution in [-0.4, -0.2) is 45.4 Å². The topological polar surface area (TPSA) is 109 Å². The third-order valence-corrected chi connectivity index (χ3v) is 5.07. The molecule has 3 N–H and O–H groups in total. The molecule has 1 atom stereocenters. The molecule has 1 saturated carbocycles. The summed E-state index contributed by atoms with van der Waals surface area (Å²) in [5, 5.41) is 17.6. The Hall–Kier alpha value is -2.22. The van der Waals surface area contributed by atoms with Gasteiger partial charge < -0.3 is 15.2 Å². The predicted molar refractivity (Wildman–Crippen MR) is 90.8 cm³/mol. The van der Waals surface area contributed by atoms with Gasteiger partial charge in [0.25, 0.3) is 5.89 Å². The molecule has 0 spiro atoms. The van der Waals surface area contributed by atoms with E-state index < -0.39 is 0 Å². The molecule has 2 aliphatic rings. The van der Waals surface area contributed by atoms with Crippen LogP contribution in [0.15, 0.2) is 10.6 Å². The summed E-state index contributed by atoms with van der Waals surface area (Å²) in [6.07, 6.45) is 7.01. The molecule has 1 aliphatic heterocycles. The van der Waals surface area contributed by atoms with E-state index in [2.05, 4.69) is 31.0 Å². The number of amides is 1. The zero-order chi connectivity index (χ0) is 17.1. The average Bonchev–Trinajstić information content (AvgIpc) is 3.36. The van der Waals surface area contributed by atoms with Crippen molar-refractivity contribution in [1.82, 2.24) is 31.0 Å². The monoisotopic (exact) mass is 344 g/mol. The first-order valence-electron chi connectivity index (χ1n) is 9.16. The average molecular weight is 344 g/mol. The summed E-state index contributed by atoms with van der Waals surface area (Å²) in [6, 6.07) is 2.25. The van der Waals surface area contributed by atoms with Crippen LogP contribution in [0.3, 0.4) is 0 Å². The summed E-state index contributed by atoms with van der Waals surface area (Å²) in [7, 11) is 0. The lowest BCUT2D eigenvalue weighted by Crippen LogP contribution is -2.37. The zero-order valence-electron chi connectivity index (χ0n) is 14.3. The van der Waals surface area contributed by atoms with E-state index in [0.29, 0.717) is 29.4 Å². The number of hydrogen-bond donors (Lipinski definition) is 3. The lowest BCUT2D eigenvalue weighted by molar-refractivity contribution is -0.121. The minimum atomic E-state index is -0.0426. The van der Waals surface area contributed by atoms with E-state index in [0.717, 1.165) is 38.0 Å². The minimum Gasteiger partial charge on any atom is -0.353 e. The Morgan fingerprint density at radius 1 is 1.28 bits per heavy atom. The van der Waals surface area contributed by atoms with Crippen LogP contribution in [0.25, 0.3) is 11.6 Å². The van der Waals surface area contributed by atoms with Crippen molar-refractivity contribution in [1.29, 1.82) is 0 Å². The number of hydrogen-bond acceptors (Lipinski definition) is 6. The van der Waals surface area contributed by atoms with E-state index in [1.165, 1.54) is 19.3 Å². The highest BCUT2D eigenvalue weighted by Crippen LogP contribution is 2.24. The van der Waals surface area contributed by atoms with Gasteiger partial charge in [0, 0.05) is 24.2 Å². The Balaban J connectivity index is 1.35. The molecule has 0 bridgehead atoms. The van der Waals surface area contributed by atoms with Gasteiger partial charge in [-0.1, -0.05) is 24.4 Å². The molecule has 8 heteroatoms. The number of nitrogens with one attached hydrogen (secondary N) is 3. The summed E-state index contributed by atoms with van der Waals surface area (Å²) in [4.78, 5) is 16.5. The van der Waals surface area contributed by atoms with Crippen molar-refractivity contribution in [3.05, 3.63) is 17.6 Å². The zero-order valence-corrected chi connectivity index (χ0v) is 14.3. The summed E-state index contributed by atoms with van der Waals surface area (Å²) in [5.41, 5.74) is 1.71. The maximum atomic E-state index is 12.1. The first-order chi connectivity index (χ1) is 12.3. The maximum absolute atomic E-state index is 12.1. The molecule has 0 radical (unpaired) electrons. The summed E-state index contributed by atoms with van der Waals surface area (Å²) in [6.45, 7) is 1.98. The molecule has 2 aromatic rings. The predicted octanol–water partition coefficient (Wildman–Crippen LogP) is 1.53. The van der Waals surface area contributed by atoms with Crippen LogP contribution >= 0.6 is 0 Å². The molecule has 1 amide bonds. The van der Waals surface area contributed by atoms with Crippen molar-refractivity contribution >= 4 is 5.91 Å². The molecular weight excluding hydrogens is 320 g/mol. The molecule has 1 unspecified atom stereocenters. The van der Waals surface area contributed by atoms with Gasteiger partial charge in [-0.3, -0.25) is 9.89 Å². The van der Waals surface area contributed by atoms with Crippen LogP contribution in [0, 0.1) is 0 Å². The highest BCUT2D eigenvalue weighted by atomic mass is 16.5. The van der Waals surface area contributed by atoms with Gasteiger partial charge in [0.2, 0.25) is 5.91 Å². The second-order valence-corrected chi connectivity index (χ2v) is 6.99. The van der Waals surface area contributed by atoms with E-state index in [1.54, 1.807) is 0 Å². The SMILES string of the molecule is O=C(Cc1noc(-c2cc(C3CCNC3)[nH]n2)n1)NC1CCCCC1. The Labute approximate surface area is 146 Å². The standard InChI is InChI=1S/C17H24N6O2/c24-16(19-12-4-2-1-3-5-12)9-15-20-17(25-23-15)14-8-13(21-22-14)11-6-7-18-10-11/h8,11-12,18H,1-7,9-10H2,(H,19,24)(H,21,22). The fourth-order valence-electron chi connectivity index (χ4n) is 3.67. The van der Waals surface area contributed by atoms with Gasteiger partial charge in [0.05, 0.1) is 6.42 Å². The van der Waals surface area contributed by atoms with Crippen LogP contribution in [0.2, 0.25) is 0 Å². The molecule has 25 heavy (non-hydrogen) atoms. The molecule has 1 aliphatic carbocycles. The van der Waals surface area contributed by atoms with Crippen molar-refractivity contribution in [2.45, 2.75) is 56.9 Å². The van der Waals surface area contributed by atoms with Gasteiger partial charge in [-0.15, -0.1) is 0 Å². The third-order valence-electron chi connectivity index (χ3n) is 5.07. The largest absolute Gasteiger partial charge is 0.353 e. The summed E-state index contributed by atoms with van der Waals surface area (Å²) >= 11 is 0. The Morgan fingerprint density at radius 2 is 2.16 bits per heavy atom. The van der Waals surface area contributed by atoms with Crippen molar-refractivity contribution < 1.29 is 9.32 Å². The minimum absolute atomic E-state index is 0.0426. The van der Waals surface area contributed by atoms with Crippen LogP contribution in [0.4, 0.5) is 0 Å². The highest BCUT2D eigenvalue weighted by Gasteiger charge is 2.22. The lowest BCUT2D eigenvalue weighted by atomic mass is 9.95. The first-order valence-corrected chi connectivity index (χ1v) is 9.16. The number of aromatic nitrogens is 4. The van der Waals surface area contributed by atoms with E-state index >= 15 is 0 Å². The first kappa shape index (κ1) is 16.3. The van der Waals surface area contributed by atoms with Crippen molar-refractivity contribution in [2.24, 2.45) is 0 Å². The van der Waals surface area contributed by atoms with Gasteiger partial charge in [-0.05, 0) is 31.9 Å². The lowest BCUT2D eigenvalue weighted by Gasteiger charge is -2.22. The number of rotatable bonds is 5. The maximum Gasteiger partial charge on any atom is 0.278 e. The molecule has 0 aromatic carbocycles. The second kappa shape index (κ2) is 7.35. The van der Waals surface area contributed by atoms with Crippen LogP contribution in [-0.2, 0) is 11.2 Å². The van der Waals surface area contributed by atoms with E-state index in [1.807, 2.05) is 6.07 Å². The molecule has 3 heterocycles. The molecular formula is C17H24N6O2. The third kappa shape index (κ3) is 3.89. The molecule has 134 valence electrons. The fraction of sp³-hybridized carbons (Fsp3) is 0.647. The molecule has 4 rings (SSSR count). The van der Waals surface area contributed by atoms with Crippen molar-refractivity contribution in [3.63, 3.8) is 0 Å². The van der Waals surface area contributed by atoms with E-state index in [9.17, 15) is 4.79 Å². The molecule has 8 nitrogen and oxygen atoms in total. The smallest absolute Gasteiger partial charge is 0.278 e. The molecule has 2 aromatic heterocycles. The fourth-order valence-corrected chi connectivity index (χ4v) is 3.67. The van der Waals surface area contributed by atoms with Crippen molar-refractivity contribution in [3.8, 4) is 11.6 Å². The van der Waals surface area contributed by atoms with E-state index in [4.69, 9.17) is 4.52 Å². The number of carbonyl (C=O) groups excluding carboxylic acids is 1. The highest BCUT2D eigenvalue weighted by molar-refractivity contribution is 5.78. The number of carbonyl (C=O) groups is 1. The normalized spacial score (nSPS) is 21.5. The Kier molecular flexibility index (Phi) is 4.78. The Morgan fingerprint density at radius 3 is 2.96 bits per heavy atom. The summed E-state index contributed by atoms with van der Waals surface area (Å²) in [5.74, 6) is 1.16.